The monoisotopic (exact) mass is 489 g/mol. The van der Waals surface area contributed by atoms with Crippen LogP contribution in [-0.4, -0.2) is 42.2 Å². The van der Waals surface area contributed by atoms with E-state index in [0.29, 0.717) is 12.3 Å². The van der Waals surface area contributed by atoms with Crippen LogP contribution in [0.1, 0.15) is 59.5 Å². The van der Waals surface area contributed by atoms with Gasteiger partial charge in [-0.1, -0.05) is 24.3 Å². The number of hydroxylamine groups is 1. The van der Waals surface area contributed by atoms with Gasteiger partial charge in [-0.3, -0.25) is 9.59 Å². The van der Waals surface area contributed by atoms with Gasteiger partial charge in [0.25, 0.3) is 11.8 Å². The number of nitrogens with one attached hydrogen (secondary N) is 1. The van der Waals surface area contributed by atoms with Crippen LogP contribution in [0.5, 0.6) is 0 Å². The number of imide groups is 1. The predicted octanol–water partition coefficient (Wildman–Crippen LogP) is 4.35. The number of anilines is 1. The maximum atomic E-state index is 13.3. The standard InChI is InChI=1S/C28H31N3O5/c1-18-13-19(2)15-22(14-18)31-26(33)17-30(28(31)34)24-10-8-21-16-20(6-9-23(21)24)7-11-25(32)29-36-27-5-3-4-12-35-27/h6-7,9,11,13-16,24,27H,3-5,8,10,12,17H2,1-2H3,(H,29,32)/b11-7+. The Balaban J connectivity index is 1.24. The number of nitrogens with zero attached hydrogens (tertiary/aromatic N) is 2. The Kier molecular flexibility index (Phi) is 6.89. The van der Waals surface area contributed by atoms with Crippen LogP contribution in [-0.2, 0) is 25.6 Å². The smallest absolute Gasteiger partial charge is 0.332 e. The first-order chi connectivity index (χ1) is 17.4. The van der Waals surface area contributed by atoms with Gasteiger partial charge in [0.05, 0.1) is 11.7 Å². The van der Waals surface area contributed by atoms with Crippen molar-refractivity contribution in [3.05, 3.63) is 70.3 Å². The fourth-order valence-corrected chi connectivity index (χ4v) is 5.27. The quantitative estimate of drug-likeness (QED) is 0.370. The van der Waals surface area contributed by atoms with Gasteiger partial charge in [0, 0.05) is 19.1 Å². The number of carbonyl (C=O) groups excluding carboxylic acids is 3. The Hall–Kier alpha value is -3.49. The molecule has 2 unspecified atom stereocenters. The lowest BCUT2D eigenvalue weighted by Crippen LogP contribution is -2.34. The van der Waals surface area contributed by atoms with Crippen LogP contribution in [0.4, 0.5) is 10.5 Å². The second kappa shape index (κ2) is 10.2. The lowest BCUT2D eigenvalue weighted by atomic mass is 10.0. The van der Waals surface area contributed by atoms with Crippen molar-refractivity contribution in [1.82, 2.24) is 10.4 Å². The number of urea groups is 1. The first kappa shape index (κ1) is 24.2. The van der Waals surface area contributed by atoms with Crippen molar-refractivity contribution in [2.75, 3.05) is 18.1 Å². The van der Waals surface area contributed by atoms with Crippen LogP contribution in [0.25, 0.3) is 6.08 Å². The molecule has 8 heteroatoms. The van der Waals surface area contributed by atoms with Gasteiger partial charge in [-0.15, -0.1) is 0 Å². The number of aryl methyl sites for hydroxylation is 3. The third kappa shape index (κ3) is 5.05. The number of amides is 4. The third-order valence-electron chi connectivity index (χ3n) is 6.90. The largest absolute Gasteiger partial charge is 0.350 e. The summed E-state index contributed by atoms with van der Waals surface area (Å²) in [7, 11) is 0. The molecule has 2 atom stereocenters. The Morgan fingerprint density at radius 1 is 1.08 bits per heavy atom. The van der Waals surface area contributed by atoms with Gasteiger partial charge in [-0.2, -0.15) is 0 Å². The van der Waals surface area contributed by atoms with Gasteiger partial charge >= 0.3 is 6.03 Å². The van der Waals surface area contributed by atoms with Crippen molar-refractivity contribution in [1.29, 1.82) is 0 Å². The number of hydrogen-bond donors (Lipinski definition) is 1. The first-order valence-corrected chi connectivity index (χ1v) is 12.5. The van der Waals surface area contributed by atoms with E-state index in [4.69, 9.17) is 9.57 Å². The molecule has 2 aromatic carbocycles. The molecule has 0 aromatic heterocycles. The maximum absolute atomic E-state index is 13.3. The van der Waals surface area contributed by atoms with Crippen molar-refractivity contribution >= 4 is 29.6 Å². The SMILES string of the molecule is Cc1cc(C)cc(N2C(=O)CN(C3CCc4cc(/C=C/C(=O)NOC5CCCCO5)ccc43)C2=O)c1. The zero-order valence-corrected chi connectivity index (χ0v) is 20.7. The fraction of sp³-hybridized carbons (Fsp3) is 0.393. The summed E-state index contributed by atoms with van der Waals surface area (Å²) in [6.07, 6.45) is 7.15. The summed E-state index contributed by atoms with van der Waals surface area (Å²) < 4.78 is 5.44. The van der Waals surface area contributed by atoms with E-state index in [0.717, 1.165) is 59.9 Å². The Morgan fingerprint density at radius 2 is 1.89 bits per heavy atom. The number of fused-ring (bicyclic) bond motifs is 1. The second-order valence-corrected chi connectivity index (χ2v) is 9.71. The van der Waals surface area contributed by atoms with Crippen LogP contribution >= 0.6 is 0 Å². The van der Waals surface area contributed by atoms with Crippen molar-refractivity contribution in [3.63, 3.8) is 0 Å². The minimum absolute atomic E-state index is 0.0719. The van der Waals surface area contributed by atoms with E-state index >= 15 is 0 Å². The molecule has 4 amide bonds. The number of hydrogen-bond acceptors (Lipinski definition) is 5. The molecule has 2 aromatic rings. The van der Waals surface area contributed by atoms with Gasteiger partial charge in [0.2, 0.25) is 0 Å². The second-order valence-electron chi connectivity index (χ2n) is 9.71. The van der Waals surface area contributed by atoms with Crippen LogP contribution in [0.3, 0.4) is 0 Å². The molecule has 2 heterocycles. The zero-order chi connectivity index (χ0) is 25.2. The number of benzene rings is 2. The molecular weight excluding hydrogens is 458 g/mol. The molecule has 0 saturated carbocycles. The molecule has 1 N–H and O–H groups in total. The Morgan fingerprint density at radius 3 is 2.64 bits per heavy atom. The van der Waals surface area contributed by atoms with Gasteiger partial charge < -0.3 is 9.64 Å². The van der Waals surface area contributed by atoms with Crippen molar-refractivity contribution in [2.45, 2.75) is 58.3 Å². The molecule has 2 aliphatic heterocycles. The minimum atomic E-state index is -0.390. The van der Waals surface area contributed by atoms with Gasteiger partial charge in [0.15, 0.2) is 6.29 Å². The summed E-state index contributed by atoms with van der Waals surface area (Å²) in [6.45, 7) is 4.64. The van der Waals surface area contributed by atoms with E-state index in [9.17, 15) is 14.4 Å². The third-order valence-corrected chi connectivity index (χ3v) is 6.90. The van der Waals surface area contributed by atoms with E-state index < -0.39 is 0 Å². The number of ether oxygens (including phenoxy) is 1. The van der Waals surface area contributed by atoms with Gasteiger partial charge in [-0.05, 0) is 85.6 Å². The van der Waals surface area contributed by atoms with Crippen LogP contribution in [0.2, 0.25) is 0 Å². The number of carbonyl (C=O) groups is 3. The average Bonchev–Trinajstić information content (AvgIpc) is 3.40. The maximum Gasteiger partial charge on any atom is 0.332 e. The summed E-state index contributed by atoms with van der Waals surface area (Å²) in [5, 5.41) is 0. The number of rotatable bonds is 6. The molecule has 0 spiro atoms. The molecule has 0 radical (unpaired) electrons. The molecule has 36 heavy (non-hydrogen) atoms. The normalized spacial score (nSPS) is 21.9. The Labute approximate surface area is 210 Å². The molecule has 1 aliphatic carbocycles. The molecule has 188 valence electrons. The highest BCUT2D eigenvalue weighted by molar-refractivity contribution is 6.20. The lowest BCUT2D eigenvalue weighted by molar-refractivity contribution is -0.198. The van der Waals surface area contributed by atoms with E-state index in [1.165, 1.54) is 11.0 Å². The summed E-state index contributed by atoms with van der Waals surface area (Å²) in [5.41, 5.74) is 8.14. The van der Waals surface area contributed by atoms with Gasteiger partial charge in [0.1, 0.15) is 6.54 Å². The molecule has 0 bridgehead atoms. The topological polar surface area (TPSA) is 88.2 Å². The van der Waals surface area contributed by atoms with E-state index in [1.807, 2.05) is 50.2 Å². The summed E-state index contributed by atoms with van der Waals surface area (Å²) in [4.78, 5) is 46.6. The van der Waals surface area contributed by atoms with Gasteiger partial charge in [-0.25, -0.2) is 20.0 Å². The van der Waals surface area contributed by atoms with Crippen LogP contribution in [0, 0.1) is 13.8 Å². The highest BCUT2D eigenvalue weighted by Gasteiger charge is 2.43. The van der Waals surface area contributed by atoms with Crippen LogP contribution in [0.15, 0.2) is 42.5 Å². The zero-order valence-electron chi connectivity index (χ0n) is 20.7. The molecule has 2 saturated heterocycles. The van der Waals surface area contributed by atoms with Crippen LogP contribution < -0.4 is 10.4 Å². The molecule has 8 nitrogen and oxygen atoms in total. The summed E-state index contributed by atoms with van der Waals surface area (Å²) in [6, 6.07) is 11.3. The summed E-state index contributed by atoms with van der Waals surface area (Å²) in [5.74, 6) is -0.555. The van der Waals surface area contributed by atoms with Crippen molar-refractivity contribution in [2.24, 2.45) is 0 Å². The molecule has 5 rings (SSSR count). The molecule has 2 fully saturated rings. The summed E-state index contributed by atoms with van der Waals surface area (Å²) >= 11 is 0. The van der Waals surface area contributed by atoms with Crippen molar-refractivity contribution in [3.8, 4) is 0 Å². The first-order valence-electron chi connectivity index (χ1n) is 12.5. The Bertz CT molecular complexity index is 1200. The van der Waals surface area contributed by atoms with Crippen molar-refractivity contribution < 1.29 is 24.0 Å². The highest BCUT2D eigenvalue weighted by Crippen LogP contribution is 2.39. The molecule has 3 aliphatic rings. The lowest BCUT2D eigenvalue weighted by Gasteiger charge is -2.24. The predicted molar refractivity (Wildman–Crippen MR) is 135 cm³/mol. The van der Waals surface area contributed by atoms with E-state index in [1.54, 1.807) is 11.0 Å². The minimum Gasteiger partial charge on any atom is -0.350 e. The fourth-order valence-electron chi connectivity index (χ4n) is 5.27. The van der Waals surface area contributed by atoms with E-state index in [2.05, 4.69) is 5.48 Å². The highest BCUT2D eigenvalue weighted by atomic mass is 16.8. The average molecular weight is 490 g/mol. The van der Waals surface area contributed by atoms with E-state index in [-0.39, 0.29) is 36.7 Å². The molecular formula is C28H31N3O5.